The molecule has 0 bridgehead atoms. The summed E-state index contributed by atoms with van der Waals surface area (Å²) in [6, 6.07) is 7.95. The van der Waals surface area contributed by atoms with Gasteiger partial charge in [-0.1, -0.05) is 82.9 Å². The third kappa shape index (κ3) is 16.1. The Labute approximate surface area is 214 Å². The van der Waals surface area contributed by atoms with Gasteiger partial charge in [-0.2, -0.15) is 0 Å². The van der Waals surface area contributed by atoms with Crippen LogP contribution < -0.4 is 10.1 Å². The molecular weight excluding hydrogens is 440 g/mol. The Hall–Kier alpha value is -2.24. The van der Waals surface area contributed by atoms with E-state index in [-0.39, 0.29) is 5.91 Å². The van der Waals surface area contributed by atoms with Crippen LogP contribution in [-0.2, 0) is 16.1 Å². The highest BCUT2D eigenvalue weighted by Crippen LogP contribution is 2.20. The molecule has 1 aromatic rings. The van der Waals surface area contributed by atoms with Crippen LogP contribution in [0.4, 0.5) is 4.79 Å². The van der Waals surface area contributed by atoms with Crippen LogP contribution in [0.1, 0.15) is 110 Å². The normalized spacial score (nSPS) is 11.2. The Kier molecular flexibility index (Phi) is 15.9. The van der Waals surface area contributed by atoms with E-state index in [1.54, 1.807) is 4.90 Å². The van der Waals surface area contributed by atoms with Gasteiger partial charge in [-0.25, -0.2) is 4.79 Å². The van der Waals surface area contributed by atoms with Crippen LogP contribution in [0, 0.1) is 0 Å². The predicted octanol–water partition coefficient (Wildman–Crippen LogP) is 7.25. The van der Waals surface area contributed by atoms with E-state index < -0.39 is 11.7 Å². The molecule has 1 rings (SSSR count). The fourth-order valence-corrected chi connectivity index (χ4v) is 3.83. The van der Waals surface area contributed by atoms with Crippen LogP contribution in [0.15, 0.2) is 24.3 Å². The van der Waals surface area contributed by atoms with E-state index in [9.17, 15) is 9.59 Å². The van der Waals surface area contributed by atoms with Crippen molar-refractivity contribution >= 4 is 12.0 Å². The van der Waals surface area contributed by atoms with Gasteiger partial charge in [0.05, 0.1) is 6.61 Å². The zero-order valence-corrected chi connectivity index (χ0v) is 23.0. The minimum absolute atomic E-state index is 0.0421. The van der Waals surface area contributed by atoms with Crippen molar-refractivity contribution in [2.45, 2.75) is 117 Å². The first-order valence-corrected chi connectivity index (χ1v) is 13.6. The fourth-order valence-electron chi connectivity index (χ4n) is 3.83. The highest BCUT2D eigenvalue weighted by Gasteiger charge is 2.16. The maximum atomic E-state index is 12.5. The molecular formula is C29H50N2O4. The second-order valence-electron chi connectivity index (χ2n) is 10.4. The van der Waals surface area contributed by atoms with E-state index in [2.05, 4.69) is 12.2 Å². The average molecular weight is 491 g/mol. The van der Waals surface area contributed by atoms with Crippen LogP contribution in [0.25, 0.3) is 0 Å². The number of rotatable bonds is 18. The molecule has 0 aliphatic heterocycles. The van der Waals surface area contributed by atoms with Crippen molar-refractivity contribution in [1.29, 1.82) is 0 Å². The van der Waals surface area contributed by atoms with Gasteiger partial charge in [0.25, 0.3) is 0 Å². The topological polar surface area (TPSA) is 67.9 Å². The SMILES string of the molecule is CCCCCCCCCCCCOc1ccccc1CN(C)C(=O)CCCNC(=O)OC(C)(C)C. The van der Waals surface area contributed by atoms with Gasteiger partial charge in [0, 0.05) is 32.1 Å². The molecule has 0 spiro atoms. The molecule has 0 aliphatic rings. The Morgan fingerprint density at radius 1 is 0.886 bits per heavy atom. The Morgan fingerprint density at radius 3 is 2.11 bits per heavy atom. The summed E-state index contributed by atoms with van der Waals surface area (Å²) in [6.07, 6.45) is 13.5. The largest absolute Gasteiger partial charge is 0.493 e. The van der Waals surface area contributed by atoms with E-state index in [1.807, 2.05) is 52.1 Å². The summed E-state index contributed by atoms with van der Waals surface area (Å²) < 4.78 is 11.3. The van der Waals surface area contributed by atoms with Gasteiger partial charge in [-0.15, -0.1) is 0 Å². The summed E-state index contributed by atoms with van der Waals surface area (Å²) in [6.45, 7) is 9.36. The predicted molar refractivity (Wildman–Crippen MR) is 144 cm³/mol. The number of ether oxygens (including phenoxy) is 2. The summed E-state index contributed by atoms with van der Waals surface area (Å²) >= 11 is 0. The number of hydrogen-bond acceptors (Lipinski definition) is 4. The Bertz CT molecular complexity index is 715. The molecule has 1 N–H and O–H groups in total. The van der Waals surface area contributed by atoms with Gasteiger partial charge < -0.3 is 19.7 Å². The van der Waals surface area contributed by atoms with Crippen LogP contribution in [0.5, 0.6) is 5.75 Å². The number of nitrogens with one attached hydrogen (secondary N) is 1. The molecule has 0 unspecified atom stereocenters. The molecule has 0 aromatic heterocycles. The molecule has 1 aromatic carbocycles. The number of carbonyl (C=O) groups is 2. The van der Waals surface area contributed by atoms with Gasteiger partial charge in [0.1, 0.15) is 11.4 Å². The summed E-state index contributed by atoms with van der Waals surface area (Å²) in [5.41, 5.74) is 0.491. The molecule has 6 heteroatoms. The number of unbranched alkanes of at least 4 members (excludes halogenated alkanes) is 9. The van der Waals surface area contributed by atoms with Gasteiger partial charge in [-0.3, -0.25) is 4.79 Å². The third-order valence-electron chi connectivity index (χ3n) is 5.80. The second kappa shape index (κ2) is 18.1. The number of para-hydroxylation sites is 1. The first-order valence-electron chi connectivity index (χ1n) is 13.6. The molecule has 0 atom stereocenters. The monoisotopic (exact) mass is 490 g/mol. The molecule has 0 saturated carbocycles. The van der Waals surface area contributed by atoms with Crippen molar-refractivity contribution < 1.29 is 19.1 Å². The fraction of sp³-hybridized carbons (Fsp3) is 0.724. The number of nitrogens with zero attached hydrogens (tertiary/aromatic N) is 1. The van der Waals surface area contributed by atoms with E-state index in [0.29, 0.717) is 32.5 Å². The lowest BCUT2D eigenvalue weighted by molar-refractivity contribution is -0.130. The van der Waals surface area contributed by atoms with Crippen molar-refractivity contribution in [2.75, 3.05) is 20.2 Å². The molecule has 2 amide bonds. The Morgan fingerprint density at radius 2 is 1.49 bits per heavy atom. The lowest BCUT2D eigenvalue weighted by atomic mass is 10.1. The van der Waals surface area contributed by atoms with Gasteiger partial charge in [0.15, 0.2) is 0 Å². The maximum Gasteiger partial charge on any atom is 0.407 e. The zero-order valence-electron chi connectivity index (χ0n) is 23.0. The highest BCUT2D eigenvalue weighted by molar-refractivity contribution is 5.76. The third-order valence-corrected chi connectivity index (χ3v) is 5.80. The molecule has 35 heavy (non-hydrogen) atoms. The summed E-state index contributed by atoms with van der Waals surface area (Å²) in [7, 11) is 1.81. The standard InChI is InChI=1S/C29H50N2O4/c1-6-7-8-9-10-11-12-13-14-17-23-34-26-20-16-15-19-25(26)24-31(5)27(32)21-18-22-30-28(33)35-29(2,3)4/h15-16,19-20H,6-14,17-18,21-24H2,1-5H3,(H,30,33). The van der Waals surface area contributed by atoms with Crippen molar-refractivity contribution in [3.05, 3.63) is 29.8 Å². The summed E-state index contributed by atoms with van der Waals surface area (Å²) in [5, 5.41) is 2.70. The number of amides is 2. The van der Waals surface area contributed by atoms with Crippen molar-refractivity contribution in [2.24, 2.45) is 0 Å². The van der Waals surface area contributed by atoms with Gasteiger partial charge >= 0.3 is 6.09 Å². The van der Waals surface area contributed by atoms with Crippen molar-refractivity contribution in [3.8, 4) is 5.75 Å². The molecule has 0 fully saturated rings. The zero-order chi connectivity index (χ0) is 25.9. The first kappa shape index (κ1) is 30.8. The van der Waals surface area contributed by atoms with Crippen LogP contribution >= 0.6 is 0 Å². The minimum atomic E-state index is -0.525. The minimum Gasteiger partial charge on any atom is -0.493 e. The first-order chi connectivity index (χ1) is 16.7. The van der Waals surface area contributed by atoms with Crippen LogP contribution in [0.2, 0.25) is 0 Å². The van der Waals surface area contributed by atoms with E-state index in [1.165, 1.54) is 57.8 Å². The lowest BCUT2D eigenvalue weighted by Crippen LogP contribution is -2.33. The van der Waals surface area contributed by atoms with Gasteiger partial charge in [-0.05, 0) is 39.7 Å². The van der Waals surface area contributed by atoms with Crippen LogP contribution in [0.3, 0.4) is 0 Å². The molecule has 200 valence electrons. The molecule has 6 nitrogen and oxygen atoms in total. The average Bonchev–Trinajstić information content (AvgIpc) is 2.80. The molecule has 0 saturated heterocycles. The quantitative estimate of drug-likeness (QED) is 0.220. The smallest absolute Gasteiger partial charge is 0.407 e. The van der Waals surface area contributed by atoms with Crippen molar-refractivity contribution in [3.63, 3.8) is 0 Å². The Balaban J connectivity index is 2.24. The molecule has 0 heterocycles. The number of alkyl carbamates (subject to hydrolysis) is 1. The number of carbonyl (C=O) groups excluding carboxylic acids is 2. The van der Waals surface area contributed by atoms with Crippen LogP contribution in [-0.4, -0.2) is 42.7 Å². The highest BCUT2D eigenvalue weighted by atomic mass is 16.6. The molecule has 0 radical (unpaired) electrons. The summed E-state index contributed by atoms with van der Waals surface area (Å²) in [5.74, 6) is 0.898. The maximum absolute atomic E-state index is 12.5. The van der Waals surface area contributed by atoms with E-state index in [0.717, 1.165) is 17.7 Å². The van der Waals surface area contributed by atoms with Gasteiger partial charge in [0.2, 0.25) is 5.91 Å². The second-order valence-corrected chi connectivity index (χ2v) is 10.4. The van der Waals surface area contributed by atoms with E-state index in [4.69, 9.17) is 9.47 Å². The van der Waals surface area contributed by atoms with E-state index >= 15 is 0 Å². The number of benzene rings is 1. The van der Waals surface area contributed by atoms with Crippen molar-refractivity contribution in [1.82, 2.24) is 10.2 Å². The number of hydrogen-bond donors (Lipinski definition) is 1. The lowest BCUT2D eigenvalue weighted by Gasteiger charge is -2.20. The molecule has 0 aliphatic carbocycles. The summed E-state index contributed by atoms with van der Waals surface area (Å²) in [4.78, 5) is 25.9.